The standard InChI is InChI=1S/C14H23N3O/c1-4-15-10-12-6-5-7-16-13(12)17-8-9-18-14(2,3)11-17/h5-7,15H,4,8-11H2,1-3H3. The highest BCUT2D eigenvalue weighted by Crippen LogP contribution is 2.24. The van der Waals surface area contributed by atoms with Crippen molar-refractivity contribution in [2.75, 3.05) is 31.1 Å². The van der Waals surface area contributed by atoms with Gasteiger partial charge in [-0.15, -0.1) is 0 Å². The summed E-state index contributed by atoms with van der Waals surface area (Å²) in [5.74, 6) is 1.09. The van der Waals surface area contributed by atoms with Gasteiger partial charge in [0.05, 0.1) is 12.2 Å². The van der Waals surface area contributed by atoms with Crippen LogP contribution in [0.5, 0.6) is 0 Å². The first-order valence-corrected chi connectivity index (χ1v) is 6.66. The Bertz CT molecular complexity index is 392. The van der Waals surface area contributed by atoms with E-state index in [1.165, 1.54) is 5.56 Å². The fourth-order valence-electron chi connectivity index (χ4n) is 2.31. The van der Waals surface area contributed by atoms with Crippen molar-refractivity contribution in [1.29, 1.82) is 0 Å². The van der Waals surface area contributed by atoms with Crippen LogP contribution in [0, 0.1) is 0 Å². The third-order valence-electron chi connectivity index (χ3n) is 3.16. The number of hydrogen-bond donors (Lipinski definition) is 1. The van der Waals surface area contributed by atoms with Crippen LogP contribution < -0.4 is 10.2 Å². The second-order valence-electron chi connectivity index (χ2n) is 5.30. The van der Waals surface area contributed by atoms with Crippen LogP contribution in [0.4, 0.5) is 5.82 Å². The van der Waals surface area contributed by atoms with Gasteiger partial charge in [-0.2, -0.15) is 0 Å². The quantitative estimate of drug-likeness (QED) is 0.883. The molecule has 0 unspecified atom stereocenters. The van der Waals surface area contributed by atoms with E-state index in [1.807, 2.05) is 12.3 Å². The summed E-state index contributed by atoms with van der Waals surface area (Å²) in [6.45, 7) is 10.8. The topological polar surface area (TPSA) is 37.4 Å². The number of ether oxygens (including phenoxy) is 1. The monoisotopic (exact) mass is 249 g/mol. The van der Waals surface area contributed by atoms with E-state index >= 15 is 0 Å². The number of hydrogen-bond acceptors (Lipinski definition) is 4. The van der Waals surface area contributed by atoms with Gasteiger partial charge in [-0.1, -0.05) is 13.0 Å². The highest BCUT2D eigenvalue weighted by Gasteiger charge is 2.28. The lowest BCUT2D eigenvalue weighted by molar-refractivity contribution is -0.0279. The number of anilines is 1. The normalized spacial score (nSPS) is 18.9. The van der Waals surface area contributed by atoms with E-state index in [0.29, 0.717) is 0 Å². The van der Waals surface area contributed by atoms with Crippen LogP contribution in [0.15, 0.2) is 18.3 Å². The summed E-state index contributed by atoms with van der Waals surface area (Å²) in [5.41, 5.74) is 1.17. The van der Waals surface area contributed by atoms with Crippen molar-refractivity contribution < 1.29 is 4.74 Å². The van der Waals surface area contributed by atoms with Crippen LogP contribution in [-0.2, 0) is 11.3 Å². The summed E-state index contributed by atoms with van der Waals surface area (Å²) in [4.78, 5) is 6.88. The van der Waals surface area contributed by atoms with Gasteiger partial charge < -0.3 is 15.0 Å². The molecule has 1 saturated heterocycles. The van der Waals surface area contributed by atoms with Gasteiger partial charge in [-0.25, -0.2) is 4.98 Å². The highest BCUT2D eigenvalue weighted by molar-refractivity contribution is 5.47. The molecule has 1 N–H and O–H groups in total. The average Bonchev–Trinajstić information content (AvgIpc) is 2.35. The summed E-state index contributed by atoms with van der Waals surface area (Å²) < 4.78 is 5.75. The Balaban J connectivity index is 2.16. The smallest absolute Gasteiger partial charge is 0.133 e. The average molecular weight is 249 g/mol. The van der Waals surface area contributed by atoms with Crippen molar-refractivity contribution in [3.8, 4) is 0 Å². The Hall–Kier alpha value is -1.13. The molecule has 2 rings (SSSR count). The lowest BCUT2D eigenvalue weighted by Gasteiger charge is -2.39. The zero-order chi connectivity index (χ0) is 13.0. The van der Waals surface area contributed by atoms with E-state index in [-0.39, 0.29) is 5.60 Å². The summed E-state index contributed by atoms with van der Waals surface area (Å²) in [5, 5.41) is 3.37. The van der Waals surface area contributed by atoms with E-state index in [2.05, 4.69) is 42.0 Å². The van der Waals surface area contributed by atoms with E-state index in [0.717, 1.165) is 38.6 Å². The minimum Gasteiger partial charge on any atom is -0.372 e. The van der Waals surface area contributed by atoms with Crippen LogP contribution in [0.1, 0.15) is 26.3 Å². The van der Waals surface area contributed by atoms with Gasteiger partial charge in [0, 0.05) is 31.4 Å². The largest absolute Gasteiger partial charge is 0.372 e. The molecule has 1 aliphatic rings. The van der Waals surface area contributed by atoms with Gasteiger partial charge in [0.1, 0.15) is 5.82 Å². The van der Waals surface area contributed by atoms with Crippen molar-refractivity contribution in [3.63, 3.8) is 0 Å². The molecule has 0 amide bonds. The van der Waals surface area contributed by atoms with Crippen LogP contribution in [-0.4, -0.2) is 36.8 Å². The zero-order valence-electron chi connectivity index (χ0n) is 11.6. The van der Waals surface area contributed by atoms with Gasteiger partial charge in [0.15, 0.2) is 0 Å². The minimum absolute atomic E-state index is 0.0920. The molecule has 2 heterocycles. The number of nitrogens with zero attached hydrogens (tertiary/aromatic N) is 2. The minimum atomic E-state index is -0.0920. The molecule has 100 valence electrons. The van der Waals surface area contributed by atoms with Gasteiger partial charge >= 0.3 is 0 Å². The van der Waals surface area contributed by atoms with E-state index < -0.39 is 0 Å². The van der Waals surface area contributed by atoms with Crippen molar-refractivity contribution in [1.82, 2.24) is 10.3 Å². The maximum absolute atomic E-state index is 5.75. The highest BCUT2D eigenvalue weighted by atomic mass is 16.5. The molecule has 1 aliphatic heterocycles. The first-order chi connectivity index (χ1) is 8.62. The molecule has 0 atom stereocenters. The predicted octanol–water partition coefficient (Wildman–Crippen LogP) is 1.81. The lowest BCUT2D eigenvalue weighted by Crippen LogP contribution is -2.49. The number of pyridine rings is 1. The molecule has 0 aromatic carbocycles. The van der Waals surface area contributed by atoms with Crippen molar-refractivity contribution in [2.45, 2.75) is 32.9 Å². The Labute approximate surface area is 109 Å². The SMILES string of the molecule is CCNCc1cccnc1N1CCOC(C)(C)C1. The van der Waals surface area contributed by atoms with Gasteiger partial charge in [0.2, 0.25) is 0 Å². The molecule has 0 aliphatic carbocycles. The number of nitrogens with one attached hydrogen (secondary N) is 1. The van der Waals surface area contributed by atoms with Gasteiger partial charge in [-0.3, -0.25) is 0 Å². The number of rotatable bonds is 4. The van der Waals surface area contributed by atoms with Gasteiger partial charge in [0.25, 0.3) is 0 Å². The Morgan fingerprint density at radius 2 is 2.33 bits per heavy atom. The fourth-order valence-corrected chi connectivity index (χ4v) is 2.31. The summed E-state index contributed by atoms with van der Waals surface area (Å²) >= 11 is 0. The molecule has 1 aromatic rings. The molecule has 0 bridgehead atoms. The summed E-state index contributed by atoms with van der Waals surface area (Å²) in [6, 6.07) is 4.15. The van der Waals surface area contributed by atoms with Gasteiger partial charge in [-0.05, 0) is 26.5 Å². The molecule has 1 fully saturated rings. The molecule has 4 heteroatoms. The molecule has 4 nitrogen and oxygen atoms in total. The summed E-state index contributed by atoms with van der Waals surface area (Å²) in [6.07, 6.45) is 1.87. The third-order valence-corrected chi connectivity index (χ3v) is 3.16. The zero-order valence-corrected chi connectivity index (χ0v) is 11.6. The van der Waals surface area contributed by atoms with E-state index in [1.54, 1.807) is 0 Å². The molecule has 0 spiro atoms. The molecular formula is C14H23N3O. The van der Waals surface area contributed by atoms with E-state index in [4.69, 9.17) is 4.74 Å². The Kier molecular flexibility index (Phi) is 4.19. The molecule has 0 radical (unpaired) electrons. The molecule has 18 heavy (non-hydrogen) atoms. The van der Waals surface area contributed by atoms with Crippen molar-refractivity contribution in [2.24, 2.45) is 0 Å². The number of morpholine rings is 1. The second kappa shape index (κ2) is 5.67. The molecule has 1 aromatic heterocycles. The molecular weight excluding hydrogens is 226 g/mol. The van der Waals surface area contributed by atoms with Crippen LogP contribution in [0.2, 0.25) is 0 Å². The van der Waals surface area contributed by atoms with Crippen molar-refractivity contribution in [3.05, 3.63) is 23.9 Å². The second-order valence-corrected chi connectivity index (χ2v) is 5.30. The first-order valence-electron chi connectivity index (χ1n) is 6.66. The fraction of sp³-hybridized carbons (Fsp3) is 0.643. The maximum Gasteiger partial charge on any atom is 0.133 e. The van der Waals surface area contributed by atoms with E-state index in [9.17, 15) is 0 Å². The third kappa shape index (κ3) is 3.21. The van der Waals surface area contributed by atoms with Crippen molar-refractivity contribution >= 4 is 5.82 Å². The Morgan fingerprint density at radius 1 is 1.50 bits per heavy atom. The van der Waals surface area contributed by atoms with Crippen LogP contribution >= 0.6 is 0 Å². The number of aromatic nitrogens is 1. The predicted molar refractivity (Wildman–Crippen MR) is 73.9 cm³/mol. The lowest BCUT2D eigenvalue weighted by atomic mass is 10.1. The van der Waals surface area contributed by atoms with Crippen LogP contribution in [0.3, 0.4) is 0 Å². The first kappa shape index (κ1) is 13.3. The maximum atomic E-state index is 5.75. The van der Waals surface area contributed by atoms with Crippen LogP contribution in [0.25, 0.3) is 0 Å². The summed E-state index contributed by atoms with van der Waals surface area (Å²) in [7, 11) is 0. The Morgan fingerprint density at radius 3 is 3.06 bits per heavy atom. The molecule has 0 saturated carbocycles.